The Kier molecular flexibility index (Phi) is 5.24. The summed E-state index contributed by atoms with van der Waals surface area (Å²) in [6.45, 7) is 7.91. The molecule has 1 N–H and O–H groups in total. The van der Waals surface area contributed by atoms with E-state index in [1.54, 1.807) is 6.20 Å². The molecule has 0 aliphatic rings. The van der Waals surface area contributed by atoms with Crippen molar-refractivity contribution in [2.24, 2.45) is 0 Å². The molecule has 1 unspecified atom stereocenters. The fourth-order valence-corrected chi connectivity index (χ4v) is 2.92. The lowest BCUT2D eigenvalue weighted by atomic mass is 10.0. The lowest BCUT2D eigenvalue weighted by molar-refractivity contribution is 0.542. The largest absolute Gasteiger partial charge is 0.305 e. The van der Waals surface area contributed by atoms with Gasteiger partial charge in [-0.1, -0.05) is 46.6 Å². The third-order valence-corrected chi connectivity index (χ3v) is 4.49. The van der Waals surface area contributed by atoms with Gasteiger partial charge in [0, 0.05) is 11.0 Å². The van der Waals surface area contributed by atoms with Gasteiger partial charge in [0.2, 0.25) is 0 Å². The van der Waals surface area contributed by atoms with Crippen molar-refractivity contribution in [1.82, 2.24) is 15.1 Å². The zero-order valence-electron chi connectivity index (χ0n) is 12.0. The smallest absolute Gasteiger partial charge is 0.0837 e. The summed E-state index contributed by atoms with van der Waals surface area (Å²) in [5.41, 5.74) is 3.42. The van der Waals surface area contributed by atoms with E-state index in [9.17, 15) is 0 Å². The first-order chi connectivity index (χ1) is 9.58. The SMILES string of the molecule is CCNC(c1ccc(C)c(Br)c1)c1c(Cl)cnn1CC. The maximum atomic E-state index is 6.34. The average Bonchev–Trinajstić information content (AvgIpc) is 2.80. The van der Waals surface area contributed by atoms with E-state index >= 15 is 0 Å². The fourth-order valence-electron chi connectivity index (χ4n) is 2.28. The van der Waals surface area contributed by atoms with Gasteiger partial charge < -0.3 is 5.32 Å². The van der Waals surface area contributed by atoms with Crippen molar-refractivity contribution < 1.29 is 0 Å². The van der Waals surface area contributed by atoms with E-state index in [0.29, 0.717) is 5.02 Å². The molecule has 0 amide bonds. The molecule has 1 aromatic carbocycles. The van der Waals surface area contributed by atoms with Crippen LogP contribution in [-0.2, 0) is 6.54 Å². The summed E-state index contributed by atoms with van der Waals surface area (Å²) in [6.07, 6.45) is 1.72. The van der Waals surface area contributed by atoms with Crippen LogP contribution in [0.4, 0.5) is 0 Å². The Morgan fingerprint density at radius 1 is 1.40 bits per heavy atom. The van der Waals surface area contributed by atoms with Crippen molar-refractivity contribution in [3.8, 4) is 0 Å². The normalized spacial score (nSPS) is 12.7. The standard InChI is InChI=1S/C15H19BrClN3/c1-4-18-14(11-7-6-10(3)12(16)8-11)15-13(17)9-19-20(15)5-2/h6-9,14,18H,4-5H2,1-3H3. The van der Waals surface area contributed by atoms with Gasteiger partial charge >= 0.3 is 0 Å². The van der Waals surface area contributed by atoms with Gasteiger partial charge in [-0.15, -0.1) is 0 Å². The first-order valence-corrected chi connectivity index (χ1v) is 7.96. The minimum Gasteiger partial charge on any atom is -0.305 e. The molecule has 2 aromatic rings. The van der Waals surface area contributed by atoms with Crippen LogP contribution in [0.5, 0.6) is 0 Å². The molecule has 0 aliphatic carbocycles. The minimum atomic E-state index is 0.0480. The van der Waals surface area contributed by atoms with Crippen LogP contribution in [0.1, 0.15) is 36.7 Å². The molecular formula is C15H19BrClN3. The van der Waals surface area contributed by atoms with Crippen molar-refractivity contribution in [2.75, 3.05) is 6.54 Å². The molecule has 0 saturated heterocycles. The lowest BCUT2D eigenvalue weighted by Crippen LogP contribution is -2.25. The Morgan fingerprint density at radius 3 is 2.75 bits per heavy atom. The molecular weight excluding hydrogens is 338 g/mol. The Hall–Kier alpha value is -0.840. The van der Waals surface area contributed by atoms with E-state index in [-0.39, 0.29) is 6.04 Å². The zero-order valence-corrected chi connectivity index (χ0v) is 14.3. The third-order valence-electron chi connectivity index (χ3n) is 3.34. The van der Waals surface area contributed by atoms with Crippen LogP contribution in [0.3, 0.4) is 0 Å². The molecule has 20 heavy (non-hydrogen) atoms. The summed E-state index contributed by atoms with van der Waals surface area (Å²) in [5.74, 6) is 0. The second kappa shape index (κ2) is 6.74. The summed E-state index contributed by atoms with van der Waals surface area (Å²) in [7, 11) is 0. The minimum absolute atomic E-state index is 0.0480. The molecule has 0 spiro atoms. The maximum absolute atomic E-state index is 6.34. The van der Waals surface area contributed by atoms with Crippen LogP contribution in [-0.4, -0.2) is 16.3 Å². The number of aryl methyl sites for hydroxylation is 2. The third kappa shape index (κ3) is 3.08. The maximum Gasteiger partial charge on any atom is 0.0837 e. The van der Waals surface area contributed by atoms with E-state index in [4.69, 9.17) is 11.6 Å². The van der Waals surface area contributed by atoms with Gasteiger partial charge in [-0.25, -0.2) is 0 Å². The molecule has 108 valence electrons. The van der Waals surface area contributed by atoms with Crippen LogP contribution >= 0.6 is 27.5 Å². The average molecular weight is 357 g/mol. The number of halogens is 2. The first-order valence-electron chi connectivity index (χ1n) is 6.79. The summed E-state index contributed by atoms with van der Waals surface area (Å²) >= 11 is 9.94. The van der Waals surface area contributed by atoms with Crippen molar-refractivity contribution >= 4 is 27.5 Å². The van der Waals surface area contributed by atoms with Crippen molar-refractivity contribution in [1.29, 1.82) is 0 Å². The van der Waals surface area contributed by atoms with Crippen LogP contribution in [0.2, 0.25) is 5.02 Å². The number of hydrogen-bond acceptors (Lipinski definition) is 2. The predicted octanol–water partition coefficient (Wildman–Crippen LogP) is 4.33. The number of benzene rings is 1. The topological polar surface area (TPSA) is 29.9 Å². The predicted molar refractivity (Wildman–Crippen MR) is 87.3 cm³/mol. The van der Waals surface area contributed by atoms with Gasteiger partial charge in [0.15, 0.2) is 0 Å². The first kappa shape index (κ1) is 15.5. The molecule has 1 atom stereocenters. The highest BCUT2D eigenvalue weighted by Gasteiger charge is 2.21. The van der Waals surface area contributed by atoms with Crippen LogP contribution in [0.15, 0.2) is 28.9 Å². The number of rotatable bonds is 5. The number of aromatic nitrogens is 2. The number of hydrogen-bond donors (Lipinski definition) is 1. The number of nitrogens with zero attached hydrogens (tertiary/aromatic N) is 2. The van der Waals surface area contributed by atoms with Crippen molar-refractivity contribution in [2.45, 2.75) is 33.4 Å². The van der Waals surface area contributed by atoms with Gasteiger partial charge in [-0.3, -0.25) is 4.68 Å². The molecule has 5 heteroatoms. The van der Waals surface area contributed by atoms with Crippen LogP contribution in [0, 0.1) is 6.92 Å². The highest BCUT2D eigenvalue weighted by molar-refractivity contribution is 9.10. The quantitative estimate of drug-likeness (QED) is 0.864. The summed E-state index contributed by atoms with van der Waals surface area (Å²) in [6, 6.07) is 6.44. The van der Waals surface area contributed by atoms with Crippen LogP contribution in [0.25, 0.3) is 0 Å². The summed E-state index contributed by atoms with van der Waals surface area (Å²) in [5, 5.41) is 8.54. The van der Waals surface area contributed by atoms with E-state index in [1.807, 2.05) is 4.68 Å². The molecule has 1 aromatic heterocycles. The molecule has 0 fully saturated rings. The van der Waals surface area contributed by atoms with Gasteiger partial charge in [0.1, 0.15) is 0 Å². The second-order valence-electron chi connectivity index (χ2n) is 4.69. The molecule has 2 rings (SSSR count). The van der Waals surface area contributed by atoms with Crippen LogP contribution < -0.4 is 5.32 Å². The molecule has 0 radical (unpaired) electrons. The zero-order chi connectivity index (χ0) is 14.7. The summed E-state index contributed by atoms with van der Waals surface area (Å²) < 4.78 is 3.06. The summed E-state index contributed by atoms with van der Waals surface area (Å²) in [4.78, 5) is 0. The number of nitrogens with one attached hydrogen (secondary N) is 1. The molecule has 3 nitrogen and oxygen atoms in total. The van der Waals surface area contributed by atoms with Crippen molar-refractivity contribution in [3.63, 3.8) is 0 Å². The Labute approximate surface area is 133 Å². The molecule has 0 saturated carbocycles. The van der Waals surface area contributed by atoms with E-state index in [1.165, 1.54) is 11.1 Å². The van der Waals surface area contributed by atoms with Crippen molar-refractivity contribution in [3.05, 3.63) is 50.7 Å². The van der Waals surface area contributed by atoms with Gasteiger partial charge in [0.05, 0.1) is 23.0 Å². The fraction of sp³-hybridized carbons (Fsp3) is 0.400. The Balaban J connectivity index is 2.49. The molecule has 1 heterocycles. The highest BCUT2D eigenvalue weighted by Crippen LogP contribution is 2.30. The molecule has 0 bridgehead atoms. The lowest BCUT2D eigenvalue weighted by Gasteiger charge is -2.21. The van der Waals surface area contributed by atoms with Gasteiger partial charge in [-0.05, 0) is 37.6 Å². The monoisotopic (exact) mass is 355 g/mol. The van der Waals surface area contributed by atoms with Gasteiger partial charge in [0.25, 0.3) is 0 Å². The van der Waals surface area contributed by atoms with E-state index < -0.39 is 0 Å². The van der Waals surface area contributed by atoms with Gasteiger partial charge in [-0.2, -0.15) is 5.10 Å². The highest BCUT2D eigenvalue weighted by atomic mass is 79.9. The van der Waals surface area contributed by atoms with E-state index in [0.717, 1.165) is 23.3 Å². The second-order valence-corrected chi connectivity index (χ2v) is 5.95. The Bertz CT molecular complexity index is 595. The van der Waals surface area contributed by atoms with E-state index in [2.05, 4.69) is 65.3 Å². The molecule has 0 aliphatic heterocycles. The Morgan fingerprint density at radius 2 is 2.15 bits per heavy atom.